The number of rotatable bonds is 4. The van der Waals surface area contributed by atoms with Crippen molar-refractivity contribution in [2.24, 2.45) is 0 Å². The van der Waals surface area contributed by atoms with Gasteiger partial charge in [0, 0.05) is 11.8 Å². The van der Waals surface area contributed by atoms with Gasteiger partial charge in [-0.05, 0) is 61.7 Å². The van der Waals surface area contributed by atoms with E-state index in [9.17, 15) is 18.4 Å². The molecule has 1 aliphatic heterocycles. The highest BCUT2D eigenvalue weighted by Crippen LogP contribution is 2.35. The van der Waals surface area contributed by atoms with E-state index >= 15 is 0 Å². The quantitative estimate of drug-likeness (QED) is 0.586. The van der Waals surface area contributed by atoms with Gasteiger partial charge in [0.1, 0.15) is 17.3 Å². The number of carbonyl (C=O) groups excluding carboxylic acids is 2. The first-order valence-electron chi connectivity index (χ1n) is 9.75. The fourth-order valence-corrected chi connectivity index (χ4v) is 3.70. The van der Waals surface area contributed by atoms with Crippen molar-refractivity contribution < 1.29 is 18.4 Å². The number of anilines is 2. The van der Waals surface area contributed by atoms with E-state index in [1.165, 1.54) is 0 Å². The molecule has 0 radical (unpaired) electrons. The van der Waals surface area contributed by atoms with E-state index in [-0.39, 0.29) is 11.3 Å². The summed E-state index contributed by atoms with van der Waals surface area (Å²) in [5.74, 6) is -3.07. The number of benzene rings is 3. The number of carbonyl (C=O) groups is 2. The average molecular weight is 418 g/mol. The molecule has 0 spiro atoms. The van der Waals surface area contributed by atoms with Gasteiger partial charge in [0.25, 0.3) is 11.8 Å². The van der Waals surface area contributed by atoms with Gasteiger partial charge in [-0.1, -0.05) is 35.9 Å². The zero-order valence-corrected chi connectivity index (χ0v) is 17.3. The molecule has 0 saturated heterocycles. The molecule has 156 valence electrons. The van der Waals surface area contributed by atoms with Crippen LogP contribution in [0.4, 0.5) is 20.2 Å². The van der Waals surface area contributed by atoms with Crippen LogP contribution in [-0.2, 0) is 9.59 Å². The van der Waals surface area contributed by atoms with Crippen LogP contribution in [0.3, 0.4) is 0 Å². The number of hydrogen-bond donors (Lipinski definition) is 1. The molecule has 0 atom stereocenters. The molecule has 0 fully saturated rings. The number of hydrogen-bond acceptors (Lipinski definition) is 3. The second-order valence-electron chi connectivity index (χ2n) is 7.66. The van der Waals surface area contributed by atoms with E-state index in [4.69, 9.17) is 0 Å². The summed E-state index contributed by atoms with van der Waals surface area (Å²) < 4.78 is 28.3. The maximum atomic E-state index is 14.5. The van der Waals surface area contributed by atoms with Gasteiger partial charge < -0.3 is 5.32 Å². The van der Waals surface area contributed by atoms with Crippen LogP contribution in [0.1, 0.15) is 22.3 Å². The maximum absolute atomic E-state index is 14.5. The van der Waals surface area contributed by atoms with Crippen molar-refractivity contribution in [3.63, 3.8) is 0 Å². The van der Waals surface area contributed by atoms with Crippen molar-refractivity contribution in [1.29, 1.82) is 0 Å². The van der Waals surface area contributed by atoms with Crippen LogP contribution < -0.4 is 10.2 Å². The van der Waals surface area contributed by atoms with Gasteiger partial charge in [0.05, 0.1) is 11.3 Å². The summed E-state index contributed by atoms with van der Waals surface area (Å²) >= 11 is 0. The molecule has 1 aliphatic rings. The number of halogens is 2. The minimum Gasteiger partial charge on any atom is -0.350 e. The highest BCUT2D eigenvalue weighted by molar-refractivity contribution is 6.46. The van der Waals surface area contributed by atoms with Crippen molar-refractivity contribution in [1.82, 2.24) is 0 Å². The third kappa shape index (κ3) is 3.84. The first-order valence-corrected chi connectivity index (χ1v) is 9.75. The Morgan fingerprint density at radius 3 is 2.03 bits per heavy atom. The molecule has 3 aromatic rings. The smallest absolute Gasteiger partial charge is 0.282 e. The SMILES string of the molecule is Cc1ccc(C2=C(Nc3cc(C)cc(C)c3)C(=O)N(c3cc(F)ccc3F)C2=O)cc1. The van der Waals surface area contributed by atoms with Crippen molar-refractivity contribution in [3.8, 4) is 0 Å². The molecule has 31 heavy (non-hydrogen) atoms. The third-order valence-corrected chi connectivity index (χ3v) is 5.06. The van der Waals surface area contributed by atoms with Gasteiger partial charge in [0.2, 0.25) is 0 Å². The largest absolute Gasteiger partial charge is 0.350 e. The summed E-state index contributed by atoms with van der Waals surface area (Å²) in [5, 5.41) is 3.05. The fourth-order valence-electron chi connectivity index (χ4n) is 3.70. The van der Waals surface area contributed by atoms with Gasteiger partial charge in [0.15, 0.2) is 0 Å². The Hall–Kier alpha value is -3.80. The number of amides is 2. The predicted molar refractivity (Wildman–Crippen MR) is 116 cm³/mol. The molecule has 0 bridgehead atoms. The molecule has 1 N–H and O–H groups in total. The Balaban J connectivity index is 1.86. The number of nitrogens with one attached hydrogen (secondary N) is 1. The van der Waals surface area contributed by atoms with Crippen LogP contribution in [0.2, 0.25) is 0 Å². The summed E-state index contributed by atoms with van der Waals surface area (Å²) in [6, 6.07) is 15.4. The Kier molecular flexibility index (Phi) is 5.15. The van der Waals surface area contributed by atoms with E-state index in [1.807, 2.05) is 51.1 Å². The van der Waals surface area contributed by atoms with Crippen molar-refractivity contribution in [2.45, 2.75) is 20.8 Å². The second kappa shape index (κ2) is 7.80. The lowest BCUT2D eigenvalue weighted by atomic mass is 10.0. The molecule has 4 rings (SSSR count). The molecule has 0 aromatic heterocycles. The van der Waals surface area contributed by atoms with E-state index in [1.54, 1.807) is 12.1 Å². The molecule has 3 aromatic carbocycles. The number of imide groups is 1. The maximum Gasteiger partial charge on any atom is 0.282 e. The first-order chi connectivity index (χ1) is 14.7. The molecule has 0 aliphatic carbocycles. The Labute approximate surface area is 178 Å². The summed E-state index contributed by atoms with van der Waals surface area (Å²) in [6.45, 7) is 5.75. The van der Waals surface area contributed by atoms with Crippen LogP contribution in [0.25, 0.3) is 5.57 Å². The lowest BCUT2D eigenvalue weighted by Crippen LogP contribution is -2.33. The molecule has 2 amide bonds. The summed E-state index contributed by atoms with van der Waals surface area (Å²) in [4.78, 5) is 27.3. The molecule has 4 nitrogen and oxygen atoms in total. The minimum absolute atomic E-state index is 0.0162. The lowest BCUT2D eigenvalue weighted by molar-refractivity contribution is -0.120. The standard InChI is InChI=1S/C25H20F2N2O2/c1-14-4-6-17(7-5-14)22-23(28-19-11-15(2)10-16(3)12-19)25(31)29(24(22)30)21-13-18(26)8-9-20(21)27/h4-13,28H,1-3H3. The molecule has 6 heteroatoms. The van der Waals surface area contributed by atoms with Gasteiger partial charge in [-0.2, -0.15) is 0 Å². The van der Waals surface area contributed by atoms with Crippen molar-refractivity contribution >= 4 is 28.8 Å². The van der Waals surface area contributed by atoms with Crippen LogP contribution in [0, 0.1) is 32.4 Å². The molecule has 1 heterocycles. The molecular formula is C25H20F2N2O2. The minimum atomic E-state index is -0.862. The van der Waals surface area contributed by atoms with E-state index in [0.717, 1.165) is 34.9 Å². The Bertz CT molecular complexity index is 1230. The average Bonchev–Trinajstić information content (AvgIpc) is 2.94. The lowest BCUT2D eigenvalue weighted by Gasteiger charge is -2.16. The highest BCUT2D eigenvalue weighted by atomic mass is 19.1. The fraction of sp³-hybridized carbons (Fsp3) is 0.120. The zero-order chi connectivity index (χ0) is 22.3. The van der Waals surface area contributed by atoms with Crippen LogP contribution in [0.15, 0.2) is 66.4 Å². The van der Waals surface area contributed by atoms with E-state index < -0.39 is 29.1 Å². The summed E-state index contributed by atoms with van der Waals surface area (Å²) in [6.07, 6.45) is 0. The summed E-state index contributed by atoms with van der Waals surface area (Å²) in [7, 11) is 0. The van der Waals surface area contributed by atoms with Crippen LogP contribution >= 0.6 is 0 Å². The van der Waals surface area contributed by atoms with Crippen molar-refractivity contribution in [2.75, 3.05) is 10.2 Å². The van der Waals surface area contributed by atoms with Gasteiger partial charge in [-0.25, -0.2) is 13.7 Å². The summed E-state index contributed by atoms with van der Waals surface area (Å²) in [5.41, 5.74) is 3.77. The third-order valence-electron chi connectivity index (χ3n) is 5.06. The van der Waals surface area contributed by atoms with E-state index in [2.05, 4.69) is 5.32 Å². The Morgan fingerprint density at radius 1 is 0.742 bits per heavy atom. The van der Waals surface area contributed by atoms with Crippen LogP contribution in [-0.4, -0.2) is 11.8 Å². The van der Waals surface area contributed by atoms with Crippen molar-refractivity contribution in [3.05, 3.63) is 100 Å². The molecule has 0 unspecified atom stereocenters. The van der Waals surface area contributed by atoms with Gasteiger partial charge >= 0.3 is 0 Å². The second-order valence-corrected chi connectivity index (χ2v) is 7.66. The van der Waals surface area contributed by atoms with E-state index in [0.29, 0.717) is 16.2 Å². The Morgan fingerprint density at radius 2 is 1.39 bits per heavy atom. The number of aryl methyl sites for hydroxylation is 3. The highest BCUT2D eigenvalue weighted by Gasteiger charge is 2.41. The predicted octanol–water partition coefficient (Wildman–Crippen LogP) is 5.29. The molecular weight excluding hydrogens is 398 g/mol. The van der Waals surface area contributed by atoms with Gasteiger partial charge in [-0.15, -0.1) is 0 Å². The zero-order valence-electron chi connectivity index (χ0n) is 17.3. The topological polar surface area (TPSA) is 49.4 Å². The monoisotopic (exact) mass is 418 g/mol. The normalized spacial score (nSPS) is 13.9. The van der Waals surface area contributed by atoms with Gasteiger partial charge in [-0.3, -0.25) is 9.59 Å². The number of nitrogens with zero attached hydrogens (tertiary/aromatic N) is 1. The first kappa shape index (κ1) is 20.5. The van der Waals surface area contributed by atoms with Crippen LogP contribution in [0.5, 0.6) is 0 Å². The molecule has 0 saturated carbocycles.